The maximum Gasteiger partial charge on any atom is 0.404 e. The lowest BCUT2D eigenvalue weighted by Crippen LogP contribution is -2.45. The Morgan fingerprint density at radius 2 is 1.83 bits per heavy atom. The molecule has 1 aliphatic rings. The van der Waals surface area contributed by atoms with Crippen molar-refractivity contribution in [3.63, 3.8) is 0 Å². The van der Waals surface area contributed by atoms with Crippen LogP contribution in [0.1, 0.15) is 12.0 Å². The Morgan fingerprint density at radius 3 is 2.46 bits per heavy atom. The van der Waals surface area contributed by atoms with Crippen molar-refractivity contribution >= 4 is 17.7 Å². The van der Waals surface area contributed by atoms with Crippen LogP contribution in [0.5, 0.6) is 0 Å². The largest absolute Gasteiger partial charge is 0.449 e. The van der Waals surface area contributed by atoms with Crippen LogP contribution in [-0.2, 0) is 16.0 Å². The van der Waals surface area contributed by atoms with Gasteiger partial charge in [0.1, 0.15) is 0 Å². The molecule has 1 aromatic rings. The van der Waals surface area contributed by atoms with Crippen molar-refractivity contribution < 1.29 is 14.3 Å². The Kier molecular flexibility index (Phi) is 7.02. The third kappa shape index (κ3) is 6.55. The number of nitrogens with one attached hydrogen (secondary N) is 1. The number of nitrogens with zero attached hydrogens (tertiary/aromatic N) is 2. The first-order chi connectivity index (χ1) is 11.5. The Hall–Kier alpha value is -2.12. The number of primary amides is 1. The normalized spacial score (nSPS) is 15.9. The number of ether oxygens (including phenoxy) is 1. The van der Waals surface area contributed by atoms with E-state index in [0.29, 0.717) is 12.8 Å². The molecule has 0 unspecified atom stereocenters. The van der Waals surface area contributed by atoms with Gasteiger partial charge in [-0.25, -0.2) is 4.79 Å². The highest BCUT2D eigenvalue weighted by Crippen LogP contribution is 2.11. The number of rotatable bonds is 7. The molecule has 24 heavy (non-hydrogen) atoms. The van der Waals surface area contributed by atoms with Gasteiger partial charge in [-0.1, -0.05) is 12.1 Å². The molecule has 1 heterocycles. The summed E-state index contributed by atoms with van der Waals surface area (Å²) in [6, 6.07) is 7.52. The fourth-order valence-electron chi connectivity index (χ4n) is 2.58. The maximum atomic E-state index is 12.0. The number of piperazine rings is 1. The standard InChI is InChI=1S/C17H26N4O3/c1-20-9-11-21(12-10-20)8-6-16(22)19-15-4-2-14(3-5-15)7-13-24-17(18)23/h2-5H,6-13H2,1H3,(H2,18,23)(H,19,22). The second-order valence-electron chi connectivity index (χ2n) is 6.06. The number of likely N-dealkylation sites (N-methyl/N-ethyl adjacent to an activating group) is 1. The van der Waals surface area contributed by atoms with Crippen molar-refractivity contribution in [1.82, 2.24) is 9.80 Å². The van der Waals surface area contributed by atoms with Gasteiger partial charge in [0.15, 0.2) is 0 Å². The van der Waals surface area contributed by atoms with Gasteiger partial charge in [-0.2, -0.15) is 0 Å². The van der Waals surface area contributed by atoms with E-state index < -0.39 is 6.09 Å². The fraction of sp³-hybridized carbons (Fsp3) is 0.529. The summed E-state index contributed by atoms with van der Waals surface area (Å²) >= 11 is 0. The lowest BCUT2D eigenvalue weighted by atomic mass is 10.1. The summed E-state index contributed by atoms with van der Waals surface area (Å²) < 4.78 is 4.70. The molecular weight excluding hydrogens is 308 g/mol. The summed E-state index contributed by atoms with van der Waals surface area (Å²) in [6.45, 7) is 5.21. The van der Waals surface area contributed by atoms with E-state index in [4.69, 9.17) is 10.5 Å². The Balaban J connectivity index is 1.68. The molecule has 0 aromatic heterocycles. The average molecular weight is 334 g/mol. The first kappa shape index (κ1) is 18.2. The number of anilines is 1. The molecule has 0 aliphatic carbocycles. The summed E-state index contributed by atoms with van der Waals surface area (Å²) in [5, 5.41) is 2.91. The first-order valence-corrected chi connectivity index (χ1v) is 8.25. The lowest BCUT2D eigenvalue weighted by Gasteiger charge is -2.32. The van der Waals surface area contributed by atoms with Crippen LogP contribution in [0.15, 0.2) is 24.3 Å². The predicted octanol–water partition coefficient (Wildman–Crippen LogP) is 0.900. The molecule has 0 spiro atoms. The first-order valence-electron chi connectivity index (χ1n) is 8.25. The topological polar surface area (TPSA) is 87.9 Å². The maximum absolute atomic E-state index is 12.0. The zero-order valence-electron chi connectivity index (χ0n) is 14.2. The molecule has 0 saturated carbocycles. The van der Waals surface area contributed by atoms with Crippen LogP contribution in [-0.4, -0.2) is 68.2 Å². The van der Waals surface area contributed by atoms with Gasteiger partial charge in [-0.15, -0.1) is 0 Å². The van der Waals surface area contributed by atoms with Gasteiger partial charge in [0.2, 0.25) is 5.91 Å². The van der Waals surface area contributed by atoms with Gasteiger partial charge in [0, 0.05) is 51.3 Å². The summed E-state index contributed by atoms with van der Waals surface area (Å²) in [5.41, 5.74) is 6.71. The van der Waals surface area contributed by atoms with Crippen molar-refractivity contribution in [3.05, 3.63) is 29.8 Å². The zero-order valence-corrected chi connectivity index (χ0v) is 14.2. The quantitative estimate of drug-likeness (QED) is 0.773. The van der Waals surface area contributed by atoms with Gasteiger partial charge in [0.25, 0.3) is 0 Å². The minimum atomic E-state index is -0.765. The SMILES string of the molecule is CN1CCN(CCC(=O)Nc2ccc(CCOC(N)=O)cc2)CC1. The highest BCUT2D eigenvalue weighted by Gasteiger charge is 2.14. The zero-order chi connectivity index (χ0) is 17.4. The van der Waals surface area contributed by atoms with E-state index in [1.54, 1.807) is 0 Å². The van der Waals surface area contributed by atoms with Gasteiger partial charge in [-0.3, -0.25) is 4.79 Å². The van der Waals surface area contributed by atoms with Gasteiger partial charge in [-0.05, 0) is 24.7 Å². The number of nitrogens with two attached hydrogens (primary N) is 1. The molecule has 7 heteroatoms. The Labute approximate surface area is 142 Å². The summed E-state index contributed by atoms with van der Waals surface area (Å²) in [6.07, 6.45) is 0.331. The van der Waals surface area contributed by atoms with Crippen molar-refractivity contribution in [2.24, 2.45) is 5.73 Å². The van der Waals surface area contributed by atoms with Crippen molar-refractivity contribution in [2.75, 3.05) is 51.7 Å². The molecule has 2 rings (SSSR count). The molecule has 7 nitrogen and oxygen atoms in total. The number of benzene rings is 1. The second-order valence-corrected chi connectivity index (χ2v) is 6.06. The molecule has 1 saturated heterocycles. The van der Waals surface area contributed by atoms with E-state index in [9.17, 15) is 9.59 Å². The molecule has 2 amide bonds. The van der Waals surface area contributed by atoms with E-state index in [1.165, 1.54) is 0 Å². The van der Waals surface area contributed by atoms with E-state index in [1.807, 2.05) is 24.3 Å². The minimum absolute atomic E-state index is 0.0266. The summed E-state index contributed by atoms with van der Waals surface area (Å²) in [5.74, 6) is 0.0266. The van der Waals surface area contributed by atoms with E-state index >= 15 is 0 Å². The van der Waals surface area contributed by atoms with Crippen LogP contribution in [0.4, 0.5) is 10.5 Å². The third-order valence-electron chi connectivity index (χ3n) is 4.12. The smallest absolute Gasteiger partial charge is 0.404 e. The number of carbonyl (C=O) groups is 2. The Bertz CT molecular complexity index is 539. The van der Waals surface area contributed by atoms with Crippen molar-refractivity contribution in [1.29, 1.82) is 0 Å². The molecule has 1 aromatic carbocycles. The fourth-order valence-corrected chi connectivity index (χ4v) is 2.58. The summed E-state index contributed by atoms with van der Waals surface area (Å²) in [7, 11) is 2.12. The van der Waals surface area contributed by atoms with E-state index in [-0.39, 0.29) is 12.5 Å². The minimum Gasteiger partial charge on any atom is -0.449 e. The molecule has 0 bridgehead atoms. The van der Waals surface area contributed by atoms with Crippen LogP contribution in [0.2, 0.25) is 0 Å². The molecular formula is C17H26N4O3. The second kappa shape index (κ2) is 9.24. The summed E-state index contributed by atoms with van der Waals surface area (Å²) in [4.78, 5) is 27.2. The average Bonchev–Trinajstić information content (AvgIpc) is 2.56. The van der Waals surface area contributed by atoms with E-state index in [2.05, 4.69) is 22.2 Å². The monoisotopic (exact) mass is 334 g/mol. The number of hydrogen-bond acceptors (Lipinski definition) is 5. The van der Waals surface area contributed by atoms with Crippen LogP contribution >= 0.6 is 0 Å². The van der Waals surface area contributed by atoms with Crippen molar-refractivity contribution in [2.45, 2.75) is 12.8 Å². The van der Waals surface area contributed by atoms with Crippen molar-refractivity contribution in [3.8, 4) is 0 Å². The molecule has 1 aliphatic heterocycles. The highest BCUT2D eigenvalue weighted by molar-refractivity contribution is 5.90. The molecule has 0 atom stereocenters. The highest BCUT2D eigenvalue weighted by atomic mass is 16.5. The van der Waals surface area contributed by atoms with E-state index in [0.717, 1.165) is 44.0 Å². The molecule has 0 radical (unpaired) electrons. The van der Waals surface area contributed by atoms with Crippen LogP contribution < -0.4 is 11.1 Å². The predicted molar refractivity (Wildman–Crippen MR) is 92.9 cm³/mol. The third-order valence-corrected chi connectivity index (χ3v) is 4.12. The van der Waals surface area contributed by atoms with Gasteiger partial charge >= 0.3 is 6.09 Å². The number of amides is 2. The molecule has 1 fully saturated rings. The lowest BCUT2D eigenvalue weighted by molar-refractivity contribution is -0.116. The van der Waals surface area contributed by atoms with Gasteiger partial charge < -0.3 is 25.6 Å². The van der Waals surface area contributed by atoms with Crippen LogP contribution in [0.25, 0.3) is 0 Å². The van der Waals surface area contributed by atoms with Crippen LogP contribution in [0, 0.1) is 0 Å². The molecule has 132 valence electrons. The Morgan fingerprint density at radius 1 is 1.17 bits per heavy atom. The van der Waals surface area contributed by atoms with Gasteiger partial charge in [0.05, 0.1) is 6.61 Å². The number of carbonyl (C=O) groups excluding carboxylic acids is 2. The number of hydrogen-bond donors (Lipinski definition) is 2. The molecule has 3 N–H and O–H groups in total. The van der Waals surface area contributed by atoms with Crippen LogP contribution in [0.3, 0.4) is 0 Å².